The molecule has 3 nitrogen and oxygen atoms in total. The molecule has 0 unspecified atom stereocenters. The van der Waals surface area contributed by atoms with E-state index in [1.165, 1.54) is 18.2 Å². The van der Waals surface area contributed by atoms with Gasteiger partial charge in [0.1, 0.15) is 0 Å². The number of phenolic OH excluding ortho intramolecular Hbond substituents is 1. The van der Waals surface area contributed by atoms with Gasteiger partial charge in [0.15, 0.2) is 5.75 Å². The first-order valence-electron chi connectivity index (χ1n) is 5.57. The maximum Gasteiger partial charge on any atom is 0.331 e. The lowest BCUT2D eigenvalue weighted by Crippen LogP contribution is -2.00. The van der Waals surface area contributed by atoms with Crippen LogP contribution in [-0.4, -0.2) is 16.2 Å². The summed E-state index contributed by atoms with van der Waals surface area (Å²) in [5.74, 6) is -1.15. The molecular weight excluding hydrogens is 275 g/mol. The minimum absolute atomic E-state index is 0.106. The summed E-state index contributed by atoms with van der Waals surface area (Å²) < 4.78 is 0. The SMILES string of the molecule is CCCC/C(=C\c1cc(Cl)c(O)c(Cl)c1)C(=O)O. The normalized spacial score (nSPS) is 11.6. The molecule has 0 spiro atoms. The fraction of sp³-hybridized carbons (Fsp3) is 0.308. The van der Waals surface area contributed by atoms with E-state index in [1.807, 2.05) is 6.92 Å². The Hall–Kier alpha value is -1.19. The van der Waals surface area contributed by atoms with Gasteiger partial charge in [-0.05, 0) is 36.6 Å². The number of phenols is 1. The standard InChI is InChI=1S/C13H14Cl2O3/c1-2-3-4-9(13(17)18)5-8-6-10(14)12(16)11(15)7-8/h5-7,16H,2-4H2,1H3,(H,17,18)/b9-5+. The van der Waals surface area contributed by atoms with Crippen LogP contribution in [0.4, 0.5) is 0 Å². The lowest BCUT2D eigenvalue weighted by Gasteiger charge is -2.04. The highest BCUT2D eigenvalue weighted by molar-refractivity contribution is 6.37. The van der Waals surface area contributed by atoms with Crippen LogP contribution < -0.4 is 0 Å². The Morgan fingerprint density at radius 3 is 2.33 bits per heavy atom. The number of unbranched alkanes of at least 4 members (excludes halogenated alkanes) is 1. The number of aliphatic carboxylic acids is 1. The number of halogens is 2. The molecule has 0 saturated carbocycles. The monoisotopic (exact) mass is 288 g/mol. The summed E-state index contributed by atoms with van der Waals surface area (Å²) in [5, 5.41) is 18.7. The van der Waals surface area contributed by atoms with Gasteiger partial charge >= 0.3 is 5.97 Å². The second-order valence-electron chi connectivity index (χ2n) is 3.91. The van der Waals surface area contributed by atoms with E-state index >= 15 is 0 Å². The van der Waals surface area contributed by atoms with E-state index in [9.17, 15) is 9.90 Å². The van der Waals surface area contributed by atoms with Gasteiger partial charge in [-0.25, -0.2) is 4.79 Å². The van der Waals surface area contributed by atoms with E-state index < -0.39 is 5.97 Å². The van der Waals surface area contributed by atoms with Crippen LogP contribution in [0.15, 0.2) is 17.7 Å². The zero-order valence-corrected chi connectivity index (χ0v) is 11.4. The largest absolute Gasteiger partial charge is 0.505 e. The van der Waals surface area contributed by atoms with Crippen molar-refractivity contribution in [3.63, 3.8) is 0 Å². The highest BCUT2D eigenvalue weighted by Gasteiger charge is 2.09. The van der Waals surface area contributed by atoms with Gasteiger partial charge in [0.2, 0.25) is 0 Å². The Kier molecular flexibility index (Phi) is 5.51. The van der Waals surface area contributed by atoms with Crippen molar-refractivity contribution in [3.05, 3.63) is 33.3 Å². The number of carbonyl (C=O) groups is 1. The molecule has 1 aromatic carbocycles. The molecule has 5 heteroatoms. The molecule has 0 atom stereocenters. The summed E-state index contributed by atoms with van der Waals surface area (Å²) in [7, 11) is 0. The molecule has 1 aromatic rings. The van der Waals surface area contributed by atoms with Crippen LogP contribution >= 0.6 is 23.2 Å². The smallest absolute Gasteiger partial charge is 0.331 e. The van der Waals surface area contributed by atoms with E-state index in [2.05, 4.69) is 0 Å². The van der Waals surface area contributed by atoms with Gasteiger partial charge in [0.25, 0.3) is 0 Å². The molecule has 98 valence electrons. The fourth-order valence-electron chi connectivity index (χ4n) is 1.48. The van der Waals surface area contributed by atoms with E-state index in [0.29, 0.717) is 17.6 Å². The van der Waals surface area contributed by atoms with Crippen molar-refractivity contribution in [3.8, 4) is 5.75 Å². The van der Waals surface area contributed by atoms with Crippen molar-refractivity contribution in [1.29, 1.82) is 0 Å². The molecule has 0 fully saturated rings. The molecule has 0 aliphatic heterocycles. The summed E-state index contributed by atoms with van der Waals surface area (Å²) in [4.78, 5) is 11.1. The number of aromatic hydroxyl groups is 1. The van der Waals surface area contributed by atoms with E-state index in [1.54, 1.807) is 0 Å². The van der Waals surface area contributed by atoms with Crippen molar-refractivity contribution in [2.75, 3.05) is 0 Å². The topological polar surface area (TPSA) is 57.5 Å². The van der Waals surface area contributed by atoms with Crippen molar-refractivity contribution in [2.24, 2.45) is 0 Å². The van der Waals surface area contributed by atoms with E-state index in [-0.39, 0.29) is 15.8 Å². The molecule has 0 amide bonds. The number of rotatable bonds is 5. The summed E-state index contributed by atoms with van der Waals surface area (Å²) in [6.07, 6.45) is 3.73. The summed E-state index contributed by atoms with van der Waals surface area (Å²) in [5.41, 5.74) is 0.867. The predicted molar refractivity (Wildman–Crippen MR) is 73.3 cm³/mol. The van der Waals surface area contributed by atoms with Gasteiger partial charge in [-0.1, -0.05) is 36.5 Å². The summed E-state index contributed by atoms with van der Waals surface area (Å²) in [6, 6.07) is 2.97. The van der Waals surface area contributed by atoms with Crippen molar-refractivity contribution >= 4 is 35.2 Å². The van der Waals surface area contributed by atoms with Crippen LogP contribution in [0.25, 0.3) is 6.08 Å². The molecule has 0 radical (unpaired) electrons. The Bertz CT molecular complexity index is 458. The van der Waals surface area contributed by atoms with Crippen LogP contribution in [0.1, 0.15) is 31.7 Å². The van der Waals surface area contributed by atoms with Gasteiger partial charge in [-0.15, -0.1) is 0 Å². The highest BCUT2D eigenvalue weighted by Crippen LogP contribution is 2.33. The molecule has 2 N–H and O–H groups in total. The Labute approximate surface area is 116 Å². The first-order chi connectivity index (χ1) is 8.45. The van der Waals surface area contributed by atoms with Gasteiger partial charge in [0, 0.05) is 5.57 Å². The van der Waals surface area contributed by atoms with Crippen LogP contribution in [0, 0.1) is 0 Å². The number of hydrogen-bond donors (Lipinski definition) is 2. The van der Waals surface area contributed by atoms with Crippen molar-refractivity contribution < 1.29 is 15.0 Å². The van der Waals surface area contributed by atoms with Gasteiger partial charge in [0.05, 0.1) is 10.0 Å². The van der Waals surface area contributed by atoms with Crippen LogP contribution in [0.3, 0.4) is 0 Å². The number of carboxylic acid groups (broad SMARTS) is 1. The zero-order valence-electron chi connectivity index (χ0n) is 9.91. The van der Waals surface area contributed by atoms with Gasteiger partial charge in [-0.2, -0.15) is 0 Å². The minimum Gasteiger partial charge on any atom is -0.505 e. The Morgan fingerprint density at radius 2 is 1.89 bits per heavy atom. The van der Waals surface area contributed by atoms with Gasteiger partial charge in [-0.3, -0.25) is 0 Å². The molecule has 0 bridgehead atoms. The number of hydrogen-bond acceptors (Lipinski definition) is 2. The number of carboxylic acids is 1. The molecule has 1 rings (SSSR count). The third kappa shape index (κ3) is 3.93. The Balaban J connectivity index is 3.08. The zero-order chi connectivity index (χ0) is 13.7. The van der Waals surface area contributed by atoms with E-state index in [0.717, 1.165) is 12.8 Å². The molecule has 0 heterocycles. The summed E-state index contributed by atoms with van der Waals surface area (Å²) in [6.45, 7) is 1.99. The van der Waals surface area contributed by atoms with Crippen LogP contribution in [0.5, 0.6) is 5.75 Å². The molecular formula is C13H14Cl2O3. The molecule has 0 saturated heterocycles. The number of benzene rings is 1. The maximum atomic E-state index is 11.1. The van der Waals surface area contributed by atoms with Crippen LogP contribution in [-0.2, 0) is 4.79 Å². The highest BCUT2D eigenvalue weighted by atomic mass is 35.5. The lowest BCUT2D eigenvalue weighted by atomic mass is 10.1. The lowest BCUT2D eigenvalue weighted by molar-refractivity contribution is -0.132. The first kappa shape index (κ1) is 14.9. The first-order valence-corrected chi connectivity index (χ1v) is 6.33. The third-order valence-corrected chi connectivity index (χ3v) is 3.03. The average molecular weight is 289 g/mol. The quantitative estimate of drug-likeness (QED) is 0.792. The third-order valence-electron chi connectivity index (χ3n) is 2.45. The predicted octanol–water partition coefficient (Wildman–Crippen LogP) is 4.36. The fourth-order valence-corrected chi connectivity index (χ4v) is 1.98. The Morgan fingerprint density at radius 1 is 1.33 bits per heavy atom. The summed E-state index contributed by atoms with van der Waals surface area (Å²) >= 11 is 11.6. The average Bonchev–Trinajstić information content (AvgIpc) is 2.30. The van der Waals surface area contributed by atoms with E-state index in [4.69, 9.17) is 28.3 Å². The second-order valence-corrected chi connectivity index (χ2v) is 4.73. The molecule has 0 aromatic heterocycles. The maximum absolute atomic E-state index is 11.1. The van der Waals surface area contributed by atoms with Crippen molar-refractivity contribution in [2.45, 2.75) is 26.2 Å². The van der Waals surface area contributed by atoms with Gasteiger partial charge < -0.3 is 10.2 Å². The molecule has 0 aliphatic carbocycles. The molecule has 18 heavy (non-hydrogen) atoms. The second kappa shape index (κ2) is 6.66. The van der Waals surface area contributed by atoms with Crippen LogP contribution in [0.2, 0.25) is 10.0 Å². The minimum atomic E-state index is -0.955. The van der Waals surface area contributed by atoms with Crippen molar-refractivity contribution in [1.82, 2.24) is 0 Å². The molecule has 0 aliphatic rings.